The Bertz CT molecular complexity index is 796. The second-order valence-electron chi connectivity index (χ2n) is 7.06. The van der Waals surface area contributed by atoms with Gasteiger partial charge in [0.1, 0.15) is 0 Å². The number of hydrogen-bond acceptors (Lipinski definition) is 5. The number of benzene rings is 2. The average Bonchev–Trinajstić information content (AvgIpc) is 2.66. The van der Waals surface area contributed by atoms with E-state index >= 15 is 0 Å². The van der Waals surface area contributed by atoms with Gasteiger partial charge in [-0.1, -0.05) is 23.8 Å². The van der Waals surface area contributed by atoms with Crippen molar-refractivity contribution < 1.29 is 9.84 Å². The smallest absolute Gasteiger partial charge is 0.161 e. The highest BCUT2D eigenvalue weighted by Crippen LogP contribution is 2.26. The Hall–Kier alpha value is -2.53. The van der Waals surface area contributed by atoms with Gasteiger partial charge < -0.3 is 9.84 Å². The summed E-state index contributed by atoms with van der Waals surface area (Å²) in [5.41, 5.74) is 5.02. The van der Waals surface area contributed by atoms with E-state index in [4.69, 9.17) is 4.74 Å². The number of rotatable bonds is 6. The molecule has 1 heterocycles. The number of nitrogens with zero attached hydrogens (tertiary/aromatic N) is 3. The van der Waals surface area contributed by atoms with Crippen molar-refractivity contribution in [3.05, 3.63) is 58.7 Å². The molecule has 0 saturated carbocycles. The van der Waals surface area contributed by atoms with Gasteiger partial charge in [0.15, 0.2) is 11.5 Å². The van der Waals surface area contributed by atoms with Crippen molar-refractivity contribution in [1.82, 2.24) is 9.91 Å². The summed E-state index contributed by atoms with van der Waals surface area (Å²) in [4.78, 5) is 2.48. The van der Waals surface area contributed by atoms with Crippen LogP contribution < -0.4 is 4.74 Å². The van der Waals surface area contributed by atoms with Crippen LogP contribution in [0.4, 0.5) is 0 Å². The fraction of sp³-hybridized carbons (Fsp3) is 0.409. The standard InChI is InChI=1S/C22H29N3O2/c1-4-27-22-14-19(6-8-21(22)26)15-23-25-11-9-24(10-12-25)16-20-7-5-17(2)13-18(20)3/h5-8,13-15,26H,4,9-12,16H2,1-3H3/b23-15-. The molecule has 0 bridgehead atoms. The second-order valence-corrected chi connectivity index (χ2v) is 7.06. The van der Waals surface area contributed by atoms with Crippen molar-refractivity contribution in [3.63, 3.8) is 0 Å². The zero-order chi connectivity index (χ0) is 19.2. The van der Waals surface area contributed by atoms with E-state index in [1.165, 1.54) is 16.7 Å². The number of hydrogen-bond donors (Lipinski definition) is 1. The van der Waals surface area contributed by atoms with Crippen LogP contribution in [0.1, 0.15) is 29.2 Å². The van der Waals surface area contributed by atoms with Crippen molar-refractivity contribution in [2.24, 2.45) is 5.10 Å². The zero-order valence-electron chi connectivity index (χ0n) is 16.5. The molecule has 1 aliphatic heterocycles. The minimum Gasteiger partial charge on any atom is -0.504 e. The summed E-state index contributed by atoms with van der Waals surface area (Å²) in [6.45, 7) is 11.6. The van der Waals surface area contributed by atoms with E-state index in [0.717, 1.165) is 38.3 Å². The van der Waals surface area contributed by atoms with Crippen LogP contribution in [0.3, 0.4) is 0 Å². The topological polar surface area (TPSA) is 48.3 Å². The molecule has 1 saturated heterocycles. The number of piperazine rings is 1. The molecular formula is C22H29N3O2. The second kappa shape index (κ2) is 8.91. The zero-order valence-corrected chi connectivity index (χ0v) is 16.5. The molecule has 5 heteroatoms. The van der Waals surface area contributed by atoms with Crippen LogP contribution in [0.25, 0.3) is 0 Å². The van der Waals surface area contributed by atoms with Gasteiger partial charge in [0, 0.05) is 32.7 Å². The number of aryl methyl sites for hydroxylation is 2. The fourth-order valence-corrected chi connectivity index (χ4v) is 3.31. The predicted molar refractivity (Wildman–Crippen MR) is 110 cm³/mol. The van der Waals surface area contributed by atoms with E-state index in [9.17, 15) is 5.11 Å². The van der Waals surface area contributed by atoms with E-state index in [1.807, 2.05) is 25.3 Å². The Morgan fingerprint density at radius 2 is 1.85 bits per heavy atom. The van der Waals surface area contributed by atoms with Crippen molar-refractivity contribution in [3.8, 4) is 11.5 Å². The van der Waals surface area contributed by atoms with E-state index in [0.29, 0.717) is 12.4 Å². The summed E-state index contributed by atoms with van der Waals surface area (Å²) in [5, 5.41) is 16.5. The first-order valence-corrected chi connectivity index (χ1v) is 9.58. The molecule has 3 rings (SSSR count). The van der Waals surface area contributed by atoms with Crippen LogP contribution in [-0.4, -0.2) is 54.0 Å². The maximum absolute atomic E-state index is 9.78. The van der Waals surface area contributed by atoms with Crippen molar-refractivity contribution in [2.45, 2.75) is 27.3 Å². The van der Waals surface area contributed by atoms with E-state index < -0.39 is 0 Å². The molecule has 0 aliphatic carbocycles. The minimum atomic E-state index is 0.161. The van der Waals surface area contributed by atoms with E-state index in [1.54, 1.807) is 6.07 Å². The first kappa shape index (κ1) is 19.2. The Labute approximate surface area is 161 Å². The number of hydrazone groups is 1. The molecule has 0 aromatic heterocycles. The molecule has 1 N–H and O–H groups in total. The van der Waals surface area contributed by atoms with Gasteiger partial charge in [-0.3, -0.25) is 9.91 Å². The predicted octanol–water partition coefficient (Wildman–Crippen LogP) is 3.56. The third-order valence-corrected chi connectivity index (χ3v) is 4.89. The molecule has 0 atom stereocenters. The van der Waals surface area contributed by atoms with Crippen LogP contribution in [0.5, 0.6) is 11.5 Å². The number of phenolic OH excluding ortho intramolecular Hbond substituents is 1. The van der Waals surface area contributed by atoms with E-state index in [2.05, 4.69) is 47.1 Å². The highest BCUT2D eigenvalue weighted by Gasteiger charge is 2.16. The third-order valence-electron chi connectivity index (χ3n) is 4.89. The van der Waals surface area contributed by atoms with Gasteiger partial charge in [-0.25, -0.2) is 0 Å². The third kappa shape index (κ3) is 5.23. The molecule has 27 heavy (non-hydrogen) atoms. The van der Waals surface area contributed by atoms with Crippen LogP contribution in [0.15, 0.2) is 41.5 Å². The molecule has 2 aromatic rings. The van der Waals surface area contributed by atoms with Crippen molar-refractivity contribution >= 4 is 6.21 Å². The van der Waals surface area contributed by atoms with Gasteiger partial charge in [0.2, 0.25) is 0 Å². The number of ether oxygens (including phenoxy) is 1. The van der Waals surface area contributed by atoms with Crippen molar-refractivity contribution in [1.29, 1.82) is 0 Å². The Morgan fingerprint density at radius 1 is 1.07 bits per heavy atom. The molecular weight excluding hydrogens is 338 g/mol. The average molecular weight is 367 g/mol. The fourth-order valence-electron chi connectivity index (χ4n) is 3.31. The molecule has 0 unspecified atom stereocenters. The van der Waals surface area contributed by atoms with Gasteiger partial charge in [-0.2, -0.15) is 5.10 Å². The highest BCUT2D eigenvalue weighted by atomic mass is 16.5. The monoisotopic (exact) mass is 367 g/mol. The molecule has 144 valence electrons. The van der Waals surface area contributed by atoms with Gasteiger partial charge in [-0.15, -0.1) is 0 Å². The van der Waals surface area contributed by atoms with Gasteiger partial charge >= 0.3 is 0 Å². The summed E-state index contributed by atoms with van der Waals surface area (Å²) in [5.74, 6) is 0.661. The molecule has 2 aromatic carbocycles. The van der Waals surface area contributed by atoms with Gasteiger partial charge in [-0.05, 0) is 55.7 Å². The largest absolute Gasteiger partial charge is 0.504 e. The lowest BCUT2D eigenvalue weighted by Crippen LogP contribution is -2.43. The summed E-state index contributed by atoms with van der Waals surface area (Å²) in [6.07, 6.45) is 1.84. The summed E-state index contributed by atoms with van der Waals surface area (Å²) in [6, 6.07) is 12.0. The Morgan fingerprint density at radius 3 is 2.56 bits per heavy atom. The maximum atomic E-state index is 9.78. The molecule has 0 amide bonds. The first-order valence-electron chi connectivity index (χ1n) is 9.58. The highest BCUT2D eigenvalue weighted by molar-refractivity contribution is 5.80. The van der Waals surface area contributed by atoms with Crippen LogP contribution in [0.2, 0.25) is 0 Å². The lowest BCUT2D eigenvalue weighted by molar-refractivity contribution is 0.131. The molecule has 0 radical (unpaired) electrons. The quantitative estimate of drug-likeness (QED) is 0.793. The minimum absolute atomic E-state index is 0.161. The lowest BCUT2D eigenvalue weighted by atomic mass is 10.1. The first-order chi connectivity index (χ1) is 13.0. The number of aromatic hydroxyl groups is 1. The van der Waals surface area contributed by atoms with E-state index in [-0.39, 0.29) is 5.75 Å². The normalized spacial score (nSPS) is 15.4. The van der Waals surface area contributed by atoms with Crippen molar-refractivity contribution in [2.75, 3.05) is 32.8 Å². The Balaban J connectivity index is 1.53. The maximum Gasteiger partial charge on any atom is 0.161 e. The summed E-state index contributed by atoms with van der Waals surface area (Å²) in [7, 11) is 0. The number of phenols is 1. The van der Waals surface area contributed by atoms with Gasteiger partial charge in [0.25, 0.3) is 0 Å². The molecule has 1 aliphatic rings. The van der Waals surface area contributed by atoms with Gasteiger partial charge in [0.05, 0.1) is 12.8 Å². The molecule has 5 nitrogen and oxygen atoms in total. The molecule has 1 fully saturated rings. The Kier molecular flexibility index (Phi) is 6.35. The summed E-state index contributed by atoms with van der Waals surface area (Å²) >= 11 is 0. The lowest BCUT2D eigenvalue weighted by Gasteiger charge is -2.33. The summed E-state index contributed by atoms with van der Waals surface area (Å²) < 4.78 is 5.42. The SMILES string of the molecule is CCOc1cc(/C=N\N2CCN(Cc3ccc(C)cc3C)CC2)ccc1O. The van der Waals surface area contributed by atoms with Crippen LogP contribution in [0, 0.1) is 13.8 Å². The van der Waals surface area contributed by atoms with Crippen LogP contribution in [-0.2, 0) is 6.54 Å². The van der Waals surface area contributed by atoms with Crippen LogP contribution >= 0.6 is 0 Å². The molecule has 0 spiro atoms.